The average Bonchev–Trinajstić information content (AvgIpc) is 2.88. The number of hydrogen-bond donors (Lipinski definition) is 2. The van der Waals surface area contributed by atoms with E-state index >= 15 is 0 Å². The minimum atomic E-state index is -0.0708. The summed E-state index contributed by atoms with van der Waals surface area (Å²) in [4.78, 5) is 12.4. The monoisotopic (exact) mass is 286 g/mol. The van der Waals surface area contributed by atoms with Crippen molar-refractivity contribution in [2.45, 2.75) is 26.8 Å². The molecular formula is C16H22N4O. The maximum Gasteiger partial charge on any atom is 0.253 e. The van der Waals surface area contributed by atoms with E-state index in [0.717, 1.165) is 29.9 Å². The standard InChI is InChI=1S/C16H22N4O/c1-4-8-17-15-6-5-12(2)10-14(15)16(21)18-11-13-7-9-19-20(13)3/h5-7,9-10,17H,4,8,11H2,1-3H3,(H,18,21). The molecule has 0 atom stereocenters. The molecule has 2 N–H and O–H groups in total. The fraction of sp³-hybridized carbons (Fsp3) is 0.375. The van der Waals surface area contributed by atoms with Gasteiger partial charge in [-0.2, -0.15) is 5.10 Å². The van der Waals surface area contributed by atoms with Gasteiger partial charge in [0.15, 0.2) is 0 Å². The van der Waals surface area contributed by atoms with Crippen molar-refractivity contribution in [1.29, 1.82) is 0 Å². The molecule has 21 heavy (non-hydrogen) atoms. The predicted molar refractivity (Wildman–Crippen MR) is 84.3 cm³/mol. The van der Waals surface area contributed by atoms with Crippen LogP contribution in [0.4, 0.5) is 5.69 Å². The number of hydrogen-bond acceptors (Lipinski definition) is 3. The van der Waals surface area contributed by atoms with Gasteiger partial charge < -0.3 is 10.6 Å². The summed E-state index contributed by atoms with van der Waals surface area (Å²) < 4.78 is 1.76. The molecule has 2 aromatic rings. The van der Waals surface area contributed by atoms with E-state index in [9.17, 15) is 4.79 Å². The van der Waals surface area contributed by atoms with Gasteiger partial charge in [-0.15, -0.1) is 0 Å². The maximum absolute atomic E-state index is 12.4. The van der Waals surface area contributed by atoms with Crippen LogP contribution in [0.3, 0.4) is 0 Å². The molecule has 0 bridgehead atoms. The van der Waals surface area contributed by atoms with Crippen molar-refractivity contribution < 1.29 is 4.79 Å². The van der Waals surface area contributed by atoms with E-state index in [4.69, 9.17) is 0 Å². The van der Waals surface area contributed by atoms with E-state index in [1.165, 1.54) is 0 Å². The number of carbonyl (C=O) groups excluding carboxylic acids is 1. The topological polar surface area (TPSA) is 59.0 Å². The molecule has 0 spiro atoms. The molecule has 0 saturated heterocycles. The Morgan fingerprint density at radius 2 is 2.14 bits per heavy atom. The average molecular weight is 286 g/mol. The van der Waals surface area contributed by atoms with Crippen LogP contribution >= 0.6 is 0 Å². The second kappa shape index (κ2) is 6.92. The van der Waals surface area contributed by atoms with E-state index < -0.39 is 0 Å². The highest BCUT2D eigenvalue weighted by atomic mass is 16.1. The summed E-state index contributed by atoms with van der Waals surface area (Å²) in [5.41, 5.74) is 3.61. The first-order valence-electron chi connectivity index (χ1n) is 7.21. The number of nitrogens with zero attached hydrogens (tertiary/aromatic N) is 2. The van der Waals surface area contributed by atoms with E-state index in [0.29, 0.717) is 12.1 Å². The molecule has 0 unspecified atom stereocenters. The lowest BCUT2D eigenvalue weighted by molar-refractivity contribution is 0.0950. The molecule has 5 nitrogen and oxygen atoms in total. The molecule has 1 amide bonds. The highest BCUT2D eigenvalue weighted by Gasteiger charge is 2.12. The zero-order valence-corrected chi connectivity index (χ0v) is 12.8. The first kappa shape index (κ1) is 15.1. The number of benzene rings is 1. The fourth-order valence-electron chi connectivity index (χ4n) is 2.10. The van der Waals surface area contributed by atoms with Gasteiger partial charge in [-0.05, 0) is 31.5 Å². The van der Waals surface area contributed by atoms with Gasteiger partial charge in [0.05, 0.1) is 17.8 Å². The molecule has 0 aliphatic carbocycles. The Hall–Kier alpha value is -2.30. The SMILES string of the molecule is CCCNc1ccc(C)cc1C(=O)NCc1ccnn1C. The van der Waals surface area contributed by atoms with Gasteiger partial charge in [-0.3, -0.25) is 9.48 Å². The van der Waals surface area contributed by atoms with Crippen LogP contribution in [0.15, 0.2) is 30.5 Å². The lowest BCUT2D eigenvalue weighted by Gasteiger charge is -2.13. The van der Waals surface area contributed by atoms with Crippen LogP contribution in [0.2, 0.25) is 0 Å². The van der Waals surface area contributed by atoms with Crippen LogP contribution in [0.5, 0.6) is 0 Å². The van der Waals surface area contributed by atoms with Gasteiger partial charge in [0.1, 0.15) is 0 Å². The molecule has 0 aliphatic heterocycles. The number of aromatic nitrogens is 2. The molecular weight excluding hydrogens is 264 g/mol. The smallest absolute Gasteiger partial charge is 0.253 e. The van der Waals surface area contributed by atoms with Crippen LogP contribution in [0.25, 0.3) is 0 Å². The molecule has 0 radical (unpaired) electrons. The van der Waals surface area contributed by atoms with Crippen LogP contribution in [0.1, 0.15) is 35.0 Å². The van der Waals surface area contributed by atoms with Crippen LogP contribution in [0, 0.1) is 6.92 Å². The Balaban J connectivity index is 2.10. The molecule has 1 aromatic carbocycles. The van der Waals surface area contributed by atoms with Crippen molar-refractivity contribution in [3.8, 4) is 0 Å². The highest BCUT2D eigenvalue weighted by molar-refractivity contribution is 5.99. The quantitative estimate of drug-likeness (QED) is 0.857. The molecule has 0 aliphatic rings. The summed E-state index contributed by atoms with van der Waals surface area (Å²) in [5, 5.41) is 10.3. The lowest BCUT2D eigenvalue weighted by atomic mass is 10.1. The molecule has 0 fully saturated rings. The van der Waals surface area contributed by atoms with E-state index in [-0.39, 0.29) is 5.91 Å². The Bertz CT molecular complexity index is 618. The third-order valence-corrected chi connectivity index (χ3v) is 3.34. The Labute approximate surface area is 125 Å². The first-order valence-corrected chi connectivity index (χ1v) is 7.21. The summed E-state index contributed by atoms with van der Waals surface area (Å²) in [7, 11) is 1.86. The third-order valence-electron chi connectivity index (χ3n) is 3.34. The molecule has 2 rings (SSSR count). The van der Waals surface area contributed by atoms with Gasteiger partial charge in [0.2, 0.25) is 0 Å². The Morgan fingerprint density at radius 3 is 2.81 bits per heavy atom. The Kier molecular flexibility index (Phi) is 4.98. The second-order valence-corrected chi connectivity index (χ2v) is 5.10. The Morgan fingerprint density at radius 1 is 1.33 bits per heavy atom. The fourth-order valence-corrected chi connectivity index (χ4v) is 2.10. The van der Waals surface area contributed by atoms with E-state index in [2.05, 4.69) is 22.7 Å². The molecule has 1 aromatic heterocycles. The van der Waals surface area contributed by atoms with Crippen molar-refractivity contribution in [1.82, 2.24) is 15.1 Å². The zero-order valence-electron chi connectivity index (χ0n) is 12.8. The van der Waals surface area contributed by atoms with Crippen molar-refractivity contribution in [3.63, 3.8) is 0 Å². The molecule has 5 heteroatoms. The second-order valence-electron chi connectivity index (χ2n) is 5.10. The van der Waals surface area contributed by atoms with Gasteiger partial charge in [-0.25, -0.2) is 0 Å². The van der Waals surface area contributed by atoms with Crippen LogP contribution < -0.4 is 10.6 Å². The van der Waals surface area contributed by atoms with Gasteiger partial charge in [-0.1, -0.05) is 18.6 Å². The number of anilines is 1. The van der Waals surface area contributed by atoms with E-state index in [1.807, 2.05) is 38.2 Å². The summed E-state index contributed by atoms with van der Waals surface area (Å²) in [6, 6.07) is 7.78. The van der Waals surface area contributed by atoms with Gasteiger partial charge in [0.25, 0.3) is 5.91 Å². The zero-order chi connectivity index (χ0) is 15.2. The summed E-state index contributed by atoms with van der Waals surface area (Å²) in [6.45, 7) is 5.41. The number of carbonyl (C=O) groups is 1. The van der Waals surface area contributed by atoms with E-state index in [1.54, 1.807) is 10.9 Å². The molecule has 112 valence electrons. The van der Waals surface area contributed by atoms with Crippen molar-refractivity contribution in [2.24, 2.45) is 7.05 Å². The van der Waals surface area contributed by atoms with Crippen LogP contribution in [-0.2, 0) is 13.6 Å². The third kappa shape index (κ3) is 3.84. The van der Waals surface area contributed by atoms with Gasteiger partial charge in [0, 0.05) is 25.5 Å². The minimum Gasteiger partial charge on any atom is -0.384 e. The summed E-state index contributed by atoms with van der Waals surface area (Å²) >= 11 is 0. The summed E-state index contributed by atoms with van der Waals surface area (Å²) in [6.07, 6.45) is 2.74. The highest BCUT2D eigenvalue weighted by Crippen LogP contribution is 2.17. The number of aryl methyl sites for hydroxylation is 2. The minimum absolute atomic E-state index is 0.0708. The molecule has 1 heterocycles. The van der Waals surface area contributed by atoms with Crippen LogP contribution in [-0.4, -0.2) is 22.2 Å². The predicted octanol–water partition coefficient (Wildman–Crippen LogP) is 2.48. The number of nitrogens with one attached hydrogen (secondary N) is 2. The van der Waals surface area contributed by atoms with Gasteiger partial charge >= 0.3 is 0 Å². The normalized spacial score (nSPS) is 10.4. The first-order chi connectivity index (χ1) is 10.1. The number of amides is 1. The largest absolute Gasteiger partial charge is 0.384 e. The number of rotatable bonds is 6. The summed E-state index contributed by atoms with van der Waals surface area (Å²) in [5.74, 6) is -0.0708. The van der Waals surface area contributed by atoms with Crippen molar-refractivity contribution in [3.05, 3.63) is 47.3 Å². The maximum atomic E-state index is 12.4. The van der Waals surface area contributed by atoms with Crippen molar-refractivity contribution >= 4 is 11.6 Å². The molecule has 0 saturated carbocycles. The lowest BCUT2D eigenvalue weighted by Crippen LogP contribution is -2.25. The van der Waals surface area contributed by atoms with Crippen molar-refractivity contribution in [2.75, 3.05) is 11.9 Å².